The molecule has 0 spiro atoms. The fourth-order valence-corrected chi connectivity index (χ4v) is 0.953. The van der Waals surface area contributed by atoms with Crippen molar-refractivity contribution in [2.75, 3.05) is 6.54 Å². The summed E-state index contributed by atoms with van der Waals surface area (Å²) in [5.41, 5.74) is 0. The topological polar surface area (TPSA) is 41.1 Å². The Morgan fingerprint density at radius 1 is 1.38 bits per heavy atom. The van der Waals surface area contributed by atoms with Gasteiger partial charge in [-0.3, -0.25) is 0 Å². The van der Waals surface area contributed by atoms with Crippen LogP contribution in [0.3, 0.4) is 0 Å². The molecule has 1 unspecified atom stereocenters. The van der Waals surface area contributed by atoms with Crippen LogP contribution in [0.1, 0.15) is 33.6 Å². The highest BCUT2D eigenvalue weighted by molar-refractivity contribution is 5.74. The van der Waals surface area contributed by atoms with E-state index in [1.54, 1.807) is 0 Å². The summed E-state index contributed by atoms with van der Waals surface area (Å²) >= 11 is 0. The van der Waals surface area contributed by atoms with E-state index in [0.717, 1.165) is 19.4 Å². The van der Waals surface area contributed by atoms with Crippen LogP contribution in [0.4, 0.5) is 4.79 Å². The van der Waals surface area contributed by atoms with Crippen molar-refractivity contribution in [2.24, 2.45) is 11.8 Å². The van der Waals surface area contributed by atoms with Gasteiger partial charge >= 0.3 is 6.03 Å². The van der Waals surface area contributed by atoms with Gasteiger partial charge in [-0.15, -0.1) is 0 Å². The molecule has 0 radical (unpaired) electrons. The zero-order valence-corrected chi connectivity index (χ0v) is 8.76. The number of amides is 2. The third kappa shape index (κ3) is 4.15. The quantitative estimate of drug-likeness (QED) is 0.686. The summed E-state index contributed by atoms with van der Waals surface area (Å²) in [5.74, 6) is 1.17. The molecule has 0 aliphatic heterocycles. The van der Waals surface area contributed by atoms with E-state index in [0.29, 0.717) is 17.9 Å². The first-order valence-corrected chi connectivity index (χ1v) is 5.14. The van der Waals surface area contributed by atoms with Crippen LogP contribution >= 0.6 is 0 Å². The molecule has 0 aromatic heterocycles. The number of hydrogen-bond acceptors (Lipinski definition) is 1. The summed E-state index contributed by atoms with van der Waals surface area (Å²) in [7, 11) is 0. The zero-order valence-electron chi connectivity index (χ0n) is 8.76. The Morgan fingerprint density at radius 2 is 2.00 bits per heavy atom. The van der Waals surface area contributed by atoms with Crippen molar-refractivity contribution >= 4 is 6.03 Å². The first-order chi connectivity index (χ1) is 6.09. The van der Waals surface area contributed by atoms with Gasteiger partial charge in [-0.1, -0.05) is 20.8 Å². The molecule has 0 aromatic rings. The van der Waals surface area contributed by atoms with Crippen molar-refractivity contribution in [2.45, 2.75) is 39.7 Å². The van der Waals surface area contributed by atoms with Gasteiger partial charge in [-0.05, 0) is 24.7 Å². The van der Waals surface area contributed by atoms with Crippen LogP contribution < -0.4 is 10.6 Å². The molecule has 3 nitrogen and oxygen atoms in total. The molecule has 1 aliphatic rings. The third-order valence-corrected chi connectivity index (χ3v) is 2.64. The summed E-state index contributed by atoms with van der Waals surface area (Å²) in [6.45, 7) is 7.27. The highest BCUT2D eigenvalue weighted by Gasteiger charge is 2.23. The molecule has 0 bridgehead atoms. The van der Waals surface area contributed by atoms with Crippen LogP contribution in [-0.4, -0.2) is 18.6 Å². The fourth-order valence-electron chi connectivity index (χ4n) is 0.953. The SMILES string of the molecule is CC(C)C(C)CNC(=O)NC1CC1. The van der Waals surface area contributed by atoms with Crippen LogP contribution in [0.15, 0.2) is 0 Å². The number of hydrogen-bond donors (Lipinski definition) is 2. The smallest absolute Gasteiger partial charge is 0.315 e. The van der Waals surface area contributed by atoms with Crippen molar-refractivity contribution in [1.29, 1.82) is 0 Å². The average molecular weight is 184 g/mol. The summed E-state index contributed by atoms with van der Waals surface area (Å²) in [6, 6.07) is 0.448. The molecule has 76 valence electrons. The lowest BCUT2D eigenvalue weighted by Gasteiger charge is -2.16. The lowest BCUT2D eigenvalue weighted by atomic mass is 9.98. The monoisotopic (exact) mass is 184 g/mol. The molecule has 1 atom stereocenters. The van der Waals surface area contributed by atoms with E-state index >= 15 is 0 Å². The van der Waals surface area contributed by atoms with Crippen molar-refractivity contribution in [3.63, 3.8) is 0 Å². The van der Waals surface area contributed by atoms with Crippen LogP contribution in [0.25, 0.3) is 0 Å². The maximum absolute atomic E-state index is 11.2. The number of carbonyl (C=O) groups excluding carboxylic acids is 1. The summed E-state index contributed by atoms with van der Waals surface area (Å²) in [6.07, 6.45) is 2.29. The number of urea groups is 1. The normalized spacial score (nSPS) is 18.5. The summed E-state index contributed by atoms with van der Waals surface area (Å²) in [5, 5.41) is 5.78. The van der Waals surface area contributed by atoms with Crippen LogP contribution in [0.2, 0.25) is 0 Å². The van der Waals surface area contributed by atoms with Gasteiger partial charge in [0.2, 0.25) is 0 Å². The Bertz CT molecular complexity index is 176. The van der Waals surface area contributed by atoms with E-state index in [1.807, 2.05) is 0 Å². The van der Waals surface area contributed by atoms with E-state index < -0.39 is 0 Å². The van der Waals surface area contributed by atoms with Gasteiger partial charge in [0, 0.05) is 12.6 Å². The van der Waals surface area contributed by atoms with Crippen LogP contribution in [0, 0.1) is 11.8 Å². The molecule has 0 saturated heterocycles. The van der Waals surface area contributed by atoms with Gasteiger partial charge in [0.1, 0.15) is 0 Å². The van der Waals surface area contributed by atoms with Crippen molar-refractivity contribution in [1.82, 2.24) is 10.6 Å². The Hall–Kier alpha value is -0.730. The van der Waals surface area contributed by atoms with E-state index in [4.69, 9.17) is 0 Å². The molecule has 1 saturated carbocycles. The standard InChI is InChI=1S/C10H20N2O/c1-7(2)8(3)6-11-10(13)12-9-4-5-9/h7-9H,4-6H2,1-3H3,(H2,11,12,13). The summed E-state index contributed by atoms with van der Waals surface area (Å²) in [4.78, 5) is 11.2. The van der Waals surface area contributed by atoms with E-state index in [1.165, 1.54) is 0 Å². The van der Waals surface area contributed by atoms with Crippen molar-refractivity contribution in [3.8, 4) is 0 Å². The van der Waals surface area contributed by atoms with Gasteiger partial charge < -0.3 is 10.6 Å². The molecule has 2 N–H and O–H groups in total. The minimum atomic E-state index is -0.00463. The van der Waals surface area contributed by atoms with Gasteiger partial charge in [-0.2, -0.15) is 0 Å². The van der Waals surface area contributed by atoms with E-state index in [2.05, 4.69) is 31.4 Å². The summed E-state index contributed by atoms with van der Waals surface area (Å²) < 4.78 is 0. The predicted molar refractivity (Wildman–Crippen MR) is 53.6 cm³/mol. The maximum Gasteiger partial charge on any atom is 0.315 e. The second kappa shape index (κ2) is 4.49. The molecule has 1 aliphatic carbocycles. The minimum Gasteiger partial charge on any atom is -0.338 e. The molecule has 13 heavy (non-hydrogen) atoms. The minimum absolute atomic E-state index is 0.00463. The molecule has 0 heterocycles. The third-order valence-electron chi connectivity index (χ3n) is 2.64. The Balaban J connectivity index is 2.06. The predicted octanol–water partition coefficient (Wildman–Crippen LogP) is 1.74. The molecule has 3 heteroatoms. The Morgan fingerprint density at radius 3 is 2.46 bits per heavy atom. The zero-order chi connectivity index (χ0) is 9.84. The highest BCUT2D eigenvalue weighted by atomic mass is 16.2. The maximum atomic E-state index is 11.2. The first-order valence-electron chi connectivity index (χ1n) is 5.14. The lowest BCUT2D eigenvalue weighted by molar-refractivity contribution is 0.237. The number of nitrogens with one attached hydrogen (secondary N) is 2. The average Bonchev–Trinajstić information content (AvgIpc) is 2.83. The van der Waals surface area contributed by atoms with Gasteiger partial charge in [0.05, 0.1) is 0 Å². The Kier molecular flexibility index (Phi) is 3.58. The molecule has 1 rings (SSSR count). The molecule has 2 amide bonds. The largest absolute Gasteiger partial charge is 0.338 e. The van der Waals surface area contributed by atoms with Gasteiger partial charge in [-0.25, -0.2) is 4.79 Å². The fraction of sp³-hybridized carbons (Fsp3) is 0.900. The van der Waals surface area contributed by atoms with Crippen molar-refractivity contribution in [3.05, 3.63) is 0 Å². The van der Waals surface area contributed by atoms with E-state index in [-0.39, 0.29) is 6.03 Å². The molecular formula is C10H20N2O. The molecule has 1 fully saturated rings. The van der Waals surface area contributed by atoms with Crippen LogP contribution in [-0.2, 0) is 0 Å². The highest BCUT2D eigenvalue weighted by Crippen LogP contribution is 2.18. The van der Waals surface area contributed by atoms with Gasteiger partial charge in [0.15, 0.2) is 0 Å². The molecular weight excluding hydrogens is 164 g/mol. The van der Waals surface area contributed by atoms with Gasteiger partial charge in [0.25, 0.3) is 0 Å². The number of carbonyl (C=O) groups is 1. The van der Waals surface area contributed by atoms with Crippen molar-refractivity contribution < 1.29 is 4.79 Å². The first kappa shape index (κ1) is 10.4. The van der Waals surface area contributed by atoms with E-state index in [9.17, 15) is 4.79 Å². The number of rotatable bonds is 4. The second-order valence-corrected chi connectivity index (χ2v) is 4.35. The molecule has 0 aromatic carbocycles. The second-order valence-electron chi connectivity index (χ2n) is 4.35. The Labute approximate surface area is 80.3 Å². The van der Waals surface area contributed by atoms with Crippen LogP contribution in [0.5, 0.6) is 0 Å². The lowest BCUT2D eigenvalue weighted by Crippen LogP contribution is -2.39.